The molecule has 16 N–H and O–H groups in total. The van der Waals surface area contributed by atoms with E-state index in [0.717, 1.165) is 51.9 Å². The third-order valence-corrected chi connectivity index (χ3v) is 6.83. The van der Waals surface area contributed by atoms with E-state index in [4.69, 9.17) is 26.6 Å². The lowest BCUT2D eigenvalue weighted by molar-refractivity contribution is 0.102. The second-order valence-corrected chi connectivity index (χ2v) is 9.76. The first-order chi connectivity index (χ1) is 18.0. The van der Waals surface area contributed by atoms with Crippen molar-refractivity contribution in [3.8, 4) is 11.5 Å². The molecule has 0 saturated carbocycles. The van der Waals surface area contributed by atoms with Crippen molar-refractivity contribution in [1.29, 1.82) is 0 Å². The lowest BCUT2D eigenvalue weighted by Gasteiger charge is -2.30. The topological polar surface area (TPSA) is 267 Å². The van der Waals surface area contributed by atoms with Gasteiger partial charge < -0.3 is 55.2 Å². The van der Waals surface area contributed by atoms with Gasteiger partial charge in [0, 0.05) is 42.6 Å². The van der Waals surface area contributed by atoms with Crippen LogP contribution < -0.4 is 45.0 Å². The molecule has 242 valence electrons. The number of hydrogen-bond acceptors (Lipinski definition) is 13. The fraction of sp³-hybridized carbons (Fsp3) is 0.385. The summed E-state index contributed by atoms with van der Waals surface area (Å²) in [5.74, 6) is 0.757. The lowest BCUT2D eigenvalue weighted by atomic mass is 10.1. The molecule has 0 unspecified atom stereocenters. The number of aromatic hydroxyl groups is 2. The van der Waals surface area contributed by atoms with Crippen LogP contribution in [-0.4, -0.2) is 57.3 Å². The van der Waals surface area contributed by atoms with Gasteiger partial charge in [-0.25, -0.2) is 0 Å². The Hall–Kier alpha value is -3.66. The minimum atomic E-state index is -0.582. The van der Waals surface area contributed by atoms with E-state index < -0.39 is 5.91 Å². The van der Waals surface area contributed by atoms with Crippen molar-refractivity contribution >= 4 is 59.1 Å². The Balaban J connectivity index is -0.000000623. The molecule has 1 aromatic heterocycles. The Bertz CT molecular complexity index is 1270. The number of carbonyl (C=O) groups is 1. The number of aromatic nitrogens is 3. The van der Waals surface area contributed by atoms with Crippen LogP contribution in [0.4, 0.5) is 29.2 Å². The molecule has 5 rings (SSSR count). The van der Waals surface area contributed by atoms with Gasteiger partial charge in [0.05, 0.1) is 11.3 Å². The van der Waals surface area contributed by atoms with Crippen LogP contribution in [0.15, 0.2) is 36.4 Å². The van der Waals surface area contributed by atoms with E-state index in [1.165, 1.54) is 37.1 Å². The van der Waals surface area contributed by atoms with Crippen LogP contribution in [0.5, 0.6) is 11.5 Å². The second kappa shape index (κ2) is 17.3. The average molecular weight is 637 g/mol. The molecular weight excluding hydrogens is 585 g/mol. The number of amides is 1. The summed E-state index contributed by atoms with van der Waals surface area (Å²) >= 11 is 5.86. The largest absolute Gasteiger partial charge is 0.507 e. The number of phenolic OH excluding ortho intramolecular Hbond substituents is 2. The van der Waals surface area contributed by atoms with E-state index in [0.29, 0.717) is 28.6 Å². The van der Waals surface area contributed by atoms with Gasteiger partial charge in [0.2, 0.25) is 17.8 Å². The SMILES string of the molecule is Cl.N.N.N.N.O=C(Nc1cc(Nc2nc(N3CCCCC3)nc(N3CCCCC3)n2)ccc1O)c1ccc(Cl)cc1O.[HH].[HH].[HH].[HH]. The zero-order valence-corrected chi connectivity index (χ0v) is 25.3. The van der Waals surface area contributed by atoms with Gasteiger partial charge in [-0.15, -0.1) is 12.4 Å². The summed E-state index contributed by atoms with van der Waals surface area (Å²) in [5.41, 5.74) is 0.789. The Morgan fingerprint density at radius 1 is 0.762 bits per heavy atom. The molecule has 1 amide bonds. The number of hydrogen-bond donors (Lipinski definition) is 8. The average Bonchev–Trinajstić information content (AvgIpc) is 2.91. The predicted molar refractivity (Wildman–Crippen MR) is 180 cm³/mol. The monoisotopic (exact) mass is 635 g/mol. The number of piperidine rings is 2. The molecule has 0 radical (unpaired) electrons. The lowest BCUT2D eigenvalue weighted by Crippen LogP contribution is -2.34. The standard InChI is InChI=1S/C26H30ClN7O3.ClH.4H3N.4H2/c27-17-7-9-19(22(36)15-17)23(37)29-20-16-18(8-10-21(20)35)28-24-30-25(33-11-3-1-4-12-33)32-26(31-24)34-13-5-2-6-14-34;;;;;;;;;/h7-10,15-16,35-36H,1-6,11-14H2,(H,29,37)(H,28,30,31,32);1H;4*1H3;4*1H. The van der Waals surface area contributed by atoms with Crippen LogP contribution in [0.25, 0.3) is 0 Å². The molecule has 0 aliphatic carbocycles. The maximum atomic E-state index is 12.7. The Labute approximate surface area is 263 Å². The molecule has 2 saturated heterocycles. The van der Waals surface area contributed by atoms with E-state index in [-0.39, 0.29) is 65.5 Å². The van der Waals surface area contributed by atoms with Crippen LogP contribution >= 0.6 is 24.0 Å². The zero-order chi connectivity index (χ0) is 25.8. The summed E-state index contributed by atoms with van der Waals surface area (Å²) in [4.78, 5) is 31.3. The van der Waals surface area contributed by atoms with Crippen LogP contribution in [0.3, 0.4) is 0 Å². The molecule has 16 heteroatoms. The minimum absolute atomic E-state index is 0. The minimum Gasteiger partial charge on any atom is -0.507 e. The quantitative estimate of drug-likeness (QED) is 0.100. The highest BCUT2D eigenvalue weighted by atomic mass is 35.5. The molecule has 3 heterocycles. The van der Waals surface area contributed by atoms with Gasteiger partial charge in [-0.1, -0.05) is 11.6 Å². The number of halogens is 2. The maximum Gasteiger partial charge on any atom is 0.259 e. The molecule has 0 atom stereocenters. The zero-order valence-electron chi connectivity index (χ0n) is 23.7. The summed E-state index contributed by atoms with van der Waals surface area (Å²) in [5, 5.41) is 26.6. The van der Waals surface area contributed by atoms with Gasteiger partial charge in [-0.2, -0.15) is 15.0 Å². The van der Waals surface area contributed by atoms with E-state index in [1.54, 1.807) is 12.1 Å². The van der Waals surface area contributed by atoms with E-state index >= 15 is 0 Å². The van der Waals surface area contributed by atoms with Gasteiger partial charge in [0.25, 0.3) is 5.91 Å². The van der Waals surface area contributed by atoms with Crippen LogP contribution in [-0.2, 0) is 0 Å². The first-order valence-electron chi connectivity index (χ1n) is 12.6. The van der Waals surface area contributed by atoms with Crippen molar-refractivity contribution in [2.24, 2.45) is 0 Å². The highest BCUT2D eigenvalue weighted by Gasteiger charge is 2.21. The Morgan fingerprint density at radius 2 is 1.31 bits per heavy atom. The third kappa shape index (κ3) is 9.17. The summed E-state index contributed by atoms with van der Waals surface area (Å²) < 4.78 is 0. The van der Waals surface area contributed by atoms with Crippen molar-refractivity contribution in [1.82, 2.24) is 39.6 Å². The molecule has 2 fully saturated rings. The van der Waals surface area contributed by atoms with Crippen molar-refractivity contribution in [2.75, 3.05) is 46.6 Å². The number of rotatable bonds is 6. The van der Waals surface area contributed by atoms with Gasteiger partial charge in [0.1, 0.15) is 11.5 Å². The fourth-order valence-electron chi connectivity index (χ4n) is 4.61. The van der Waals surface area contributed by atoms with Crippen molar-refractivity contribution < 1.29 is 20.7 Å². The molecule has 3 aromatic rings. The molecule has 2 aliphatic rings. The number of nitrogens with one attached hydrogen (secondary N) is 2. The molecule has 42 heavy (non-hydrogen) atoms. The summed E-state index contributed by atoms with van der Waals surface area (Å²) in [6.45, 7) is 3.65. The van der Waals surface area contributed by atoms with Gasteiger partial charge in [-0.3, -0.25) is 4.79 Å². The van der Waals surface area contributed by atoms with Crippen molar-refractivity contribution in [3.63, 3.8) is 0 Å². The molecule has 0 spiro atoms. The fourth-order valence-corrected chi connectivity index (χ4v) is 4.78. The first-order valence-corrected chi connectivity index (χ1v) is 13.0. The highest BCUT2D eigenvalue weighted by Crippen LogP contribution is 2.31. The molecule has 14 nitrogen and oxygen atoms in total. The number of carbonyl (C=O) groups excluding carboxylic acids is 1. The summed E-state index contributed by atoms with van der Waals surface area (Å²) in [6.07, 6.45) is 6.85. The van der Waals surface area contributed by atoms with Crippen LogP contribution in [0.1, 0.15) is 54.6 Å². The molecular formula is C26H51Cl2N11O3. The number of nitrogens with zero attached hydrogens (tertiary/aromatic N) is 5. The molecule has 2 aromatic carbocycles. The van der Waals surface area contributed by atoms with Crippen LogP contribution in [0, 0.1) is 0 Å². The smallest absolute Gasteiger partial charge is 0.259 e. The number of anilines is 5. The Kier molecular flexibility index (Phi) is 15.8. The first kappa shape index (κ1) is 38.3. The van der Waals surface area contributed by atoms with Crippen LogP contribution in [0.2, 0.25) is 5.02 Å². The molecule has 2 aliphatic heterocycles. The third-order valence-electron chi connectivity index (χ3n) is 6.59. The summed E-state index contributed by atoms with van der Waals surface area (Å²) in [6, 6.07) is 8.95. The summed E-state index contributed by atoms with van der Waals surface area (Å²) in [7, 11) is 0. The van der Waals surface area contributed by atoms with E-state index in [2.05, 4.69) is 20.4 Å². The van der Waals surface area contributed by atoms with Crippen molar-refractivity contribution in [2.45, 2.75) is 38.5 Å². The number of benzene rings is 2. The van der Waals surface area contributed by atoms with Gasteiger partial charge in [0.15, 0.2) is 0 Å². The van der Waals surface area contributed by atoms with Gasteiger partial charge in [-0.05, 0) is 74.9 Å². The van der Waals surface area contributed by atoms with Gasteiger partial charge >= 0.3 is 0 Å². The second-order valence-electron chi connectivity index (χ2n) is 9.33. The highest BCUT2D eigenvalue weighted by molar-refractivity contribution is 6.31. The van der Waals surface area contributed by atoms with Crippen molar-refractivity contribution in [3.05, 3.63) is 47.0 Å². The normalized spacial score (nSPS) is 14.0. The Morgan fingerprint density at radius 3 is 1.83 bits per heavy atom. The van der Waals surface area contributed by atoms with E-state index in [1.807, 2.05) is 0 Å². The maximum absolute atomic E-state index is 12.7. The van der Waals surface area contributed by atoms with E-state index in [9.17, 15) is 15.0 Å². The molecule has 0 bridgehead atoms. The number of phenols is 2. The predicted octanol–water partition coefficient (Wildman–Crippen LogP) is 6.97.